The Morgan fingerprint density at radius 2 is 1.96 bits per heavy atom. The molecule has 8 heteroatoms. The minimum Gasteiger partial charge on any atom is -0.462 e. The average Bonchev–Trinajstić information content (AvgIpc) is 2.87. The number of hydrogen-bond acceptors (Lipinski definition) is 7. The number of amides is 1. The van der Waals surface area contributed by atoms with Gasteiger partial charge in [0.2, 0.25) is 0 Å². The van der Waals surface area contributed by atoms with Crippen LogP contribution in [0.15, 0.2) is 45.1 Å². The third-order valence-electron chi connectivity index (χ3n) is 4.04. The van der Waals surface area contributed by atoms with Gasteiger partial charge in [-0.3, -0.25) is 4.79 Å². The highest BCUT2D eigenvalue weighted by Gasteiger charge is 2.28. The van der Waals surface area contributed by atoms with E-state index in [0.29, 0.717) is 28.4 Å². The van der Waals surface area contributed by atoms with Gasteiger partial charge >= 0.3 is 5.97 Å². The summed E-state index contributed by atoms with van der Waals surface area (Å²) < 4.78 is 10.2. The number of allylic oxidation sites excluding steroid dienone is 1. The molecule has 27 heavy (non-hydrogen) atoms. The van der Waals surface area contributed by atoms with Crippen LogP contribution < -0.4 is 10.6 Å². The second-order valence-corrected chi connectivity index (χ2v) is 5.98. The lowest BCUT2D eigenvalue weighted by atomic mass is 10.1. The normalized spacial score (nSPS) is 13.3. The molecule has 0 atom stereocenters. The van der Waals surface area contributed by atoms with Gasteiger partial charge in [-0.05, 0) is 39.8 Å². The molecule has 0 fully saturated rings. The monoisotopic (exact) mass is 368 g/mol. The van der Waals surface area contributed by atoms with Crippen molar-refractivity contribution >= 4 is 29.1 Å². The van der Waals surface area contributed by atoms with Gasteiger partial charge in [0, 0.05) is 5.70 Å². The first-order chi connectivity index (χ1) is 12.9. The molecule has 0 spiro atoms. The Kier molecular flexibility index (Phi) is 5.07. The summed E-state index contributed by atoms with van der Waals surface area (Å²) in [5.74, 6) is -0.545. The van der Waals surface area contributed by atoms with E-state index in [1.165, 1.54) is 0 Å². The molecule has 2 N–H and O–H groups in total. The molecule has 0 saturated heterocycles. The third kappa shape index (κ3) is 3.59. The number of rotatable bonds is 3. The van der Waals surface area contributed by atoms with E-state index < -0.39 is 11.9 Å². The summed E-state index contributed by atoms with van der Waals surface area (Å²) in [7, 11) is 0. The number of nitrogens with zero attached hydrogens (tertiary/aromatic N) is 2. The van der Waals surface area contributed by atoms with Crippen molar-refractivity contribution in [2.75, 3.05) is 11.9 Å². The van der Waals surface area contributed by atoms with Gasteiger partial charge < -0.3 is 19.9 Å². The molecule has 3 rings (SSSR count). The van der Waals surface area contributed by atoms with Crippen molar-refractivity contribution < 1.29 is 18.8 Å². The van der Waals surface area contributed by atoms with Gasteiger partial charge in [-0.1, -0.05) is 17.3 Å². The van der Waals surface area contributed by atoms with E-state index in [2.05, 4.69) is 20.8 Å². The number of amidine groups is 1. The van der Waals surface area contributed by atoms with Gasteiger partial charge in [-0.15, -0.1) is 0 Å². The largest absolute Gasteiger partial charge is 0.462 e. The van der Waals surface area contributed by atoms with Crippen LogP contribution in [0.1, 0.15) is 35.7 Å². The molecule has 1 amide bonds. The maximum Gasteiger partial charge on any atom is 0.343 e. The lowest BCUT2D eigenvalue weighted by Crippen LogP contribution is -2.36. The summed E-state index contributed by atoms with van der Waals surface area (Å²) >= 11 is 0. The molecule has 1 aliphatic heterocycles. The summed E-state index contributed by atoms with van der Waals surface area (Å²) in [5.41, 5.74) is 2.76. The van der Waals surface area contributed by atoms with Crippen LogP contribution in [0.25, 0.3) is 0 Å². The topological polar surface area (TPSA) is 106 Å². The van der Waals surface area contributed by atoms with Crippen molar-refractivity contribution in [2.45, 2.75) is 27.7 Å². The lowest BCUT2D eigenvalue weighted by Gasteiger charge is -2.13. The Morgan fingerprint density at radius 1 is 1.22 bits per heavy atom. The number of carbonyl (C=O) groups excluding carboxylic acids is 2. The first kappa shape index (κ1) is 18.4. The third-order valence-corrected chi connectivity index (χ3v) is 4.04. The average molecular weight is 368 g/mol. The molecule has 2 heterocycles. The standard InChI is InChI=1S/C19H20N4O4/c1-5-26-19(25)16-10(2)20-13-8-6-7-9-14(13)21-17(16)22-18(24)15-11(3)23-27-12(15)4/h6-9,20H,5H2,1-4H3,(H,21,22,24). The quantitative estimate of drug-likeness (QED) is 0.807. The SMILES string of the molecule is CCOC(=O)C1=C(C)Nc2ccccc2N=C1NC(=O)c1c(C)noc1C. The maximum absolute atomic E-state index is 12.8. The van der Waals surface area contributed by atoms with Crippen LogP contribution in [0.2, 0.25) is 0 Å². The van der Waals surface area contributed by atoms with Crippen molar-refractivity contribution in [3.05, 3.63) is 52.6 Å². The van der Waals surface area contributed by atoms with Crippen molar-refractivity contribution in [2.24, 2.45) is 4.99 Å². The van der Waals surface area contributed by atoms with Crippen LogP contribution in [0.4, 0.5) is 11.4 Å². The fourth-order valence-electron chi connectivity index (χ4n) is 2.82. The minimum atomic E-state index is -0.576. The summed E-state index contributed by atoms with van der Waals surface area (Å²) in [6, 6.07) is 7.30. The molecule has 0 radical (unpaired) electrons. The predicted octanol–water partition coefficient (Wildman–Crippen LogP) is 3.01. The van der Waals surface area contributed by atoms with Crippen molar-refractivity contribution in [3.63, 3.8) is 0 Å². The van der Waals surface area contributed by atoms with Crippen LogP contribution in [-0.4, -0.2) is 29.5 Å². The smallest absolute Gasteiger partial charge is 0.343 e. The predicted molar refractivity (Wildman–Crippen MR) is 99.9 cm³/mol. The lowest BCUT2D eigenvalue weighted by molar-refractivity contribution is -0.137. The summed E-state index contributed by atoms with van der Waals surface area (Å²) in [6.45, 7) is 6.96. The fraction of sp³-hybridized carbons (Fsp3) is 0.263. The summed E-state index contributed by atoms with van der Waals surface area (Å²) in [4.78, 5) is 29.8. The number of benzene rings is 1. The highest BCUT2D eigenvalue weighted by Crippen LogP contribution is 2.30. The van der Waals surface area contributed by atoms with Gasteiger partial charge in [-0.25, -0.2) is 9.79 Å². The maximum atomic E-state index is 12.8. The zero-order chi connectivity index (χ0) is 19.6. The number of esters is 1. The molecular formula is C19H20N4O4. The Balaban J connectivity index is 2.07. The fourth-order valence-corrected chi connectivity index (χ4v) is 2.82. The van der Waals surface area contributed by atoms with E-state index in [0.717, 1.165) is 5.69 Å². The molecule has 8 nitrogen and oxygen atoms in total. The Hall–Kier alpha value is -3.42. The van der Waals surface area contributed by atoms with Gasteiger partial charge in [0.1, 0.15) is 22.7 Å². The molecule has 140 valence electrons. The molecule has 0 unspecified atom stereocenters. The Morgan fingerprint density at radius 3 is 2.63 bits per heavy atom. The molecule has 2 aromatic rings. The van der Waals surface area contributed by atoms with Gasteiger partial charge in [0.05, 0.1) is 23.7 Å². The number of carbonyl (C=O) groups is 2. The molecular weight excluding hydrogens is 348 g/mol. The number of nitrogens with one attached hydrogen (secondary N) is 2. The van der Waals surface area contributed by atoms with Gasteiger partial charge in [0.25, 0.3) is 5.91 Å². The van der Waals surface area contributed by atoms with E-state index in [-0.39, 0.29) is 18.0 Å². The van der Waals surface area contributed by atoms with Crippen LogP contribution in [0.3, 0.4) is 0 Å². The molecule has 0 saturated carbocycles. The number of fused-ring (bicyclic) bond motifs is 1. The van der Waals surface area contributed by atoms with Crippen LogP contribution in [-0.2, 0) is 9.53 Å². The van der Waals surface area contributed by atoms with E-state index >= 15 is 0 Å². The molecule has 1 aromatic carbocycles. The highest BCUT2D eigenvalue weighted by atomic mass is 16.5. The van der Waals surface area contributed by atoms with Gasteiger partial charge in [0.15, 0.2) is 0 Å². The molecule has 0 bridgehead atoms. The van der Waals surface area contributed by atoms with Crippen molar-refractivity contribution in [1.82, 2.24) is 10.5 Å². The zero-order valence-corrected chi connectivity index (χ0v) is 15.5. The zero-order valence-electron chi connectivity index (χ0n) is 15.5. The van der Waals surface area contributed by atoms with Crippen molar-refractivity contribution in [1.29, 1.82) is 0 Å². The van der Waals surface area contributed by atoms with E-state index in [4.69, 9.17) is 9.26 Å². The minimum absolute atomic E-state index is 0.105. The molecule has 0 aliphatic carbocycles. The summed E-state index contributed by atoms with van der Waals surface area (Å²) in [6.07, 6.45) is 0. The number of para-hydroxylation sites is 2. The first-order valence-electron chi connectivity index (χ1n) is 8.49. The number of hydrogen-bond donors (Lipinski definition) is 2. The van der Waals surface area contributed by atoms with Crippen LogP contribution >= 0.6 is 0 Å². The number of aromatic nitrogens is 1. The van der Waals surface area contributed by atoms with Crippen molar-refractivity contribution in [3.8, 4) is 0 Å². The Bertz CT molecular complexity index is 952. The first-order valence-corrected chi connectivity index (χ1v) is 8.49. The van der Waals surface area contributed by atoms with E-state index in [1.807, 2.05) is 18.2 Å². The second kappa shape index (κ2) is 7.45. The van der Waals surface area contributed by atoms with Crippen LogP contribution in [0, 0.1) is 13.8 Å². The summed E-state index contributed by atoms with van der Waals surface area (Å²) in [5, 5.41) is 9.66. The van der Waals surface area contributed by atoms with E-state index in [1.54, 1.807) is 33.8 Å². The number of anilines is 1. The molecule has 1 aliphatic rings. The van der Waals surface area contributed by atoms with Crippen LogP contribution in [0.5, 0.6) is 0 Å². The molecule has 1 aromatic heterocycles. The van der Waals surface area contributed by atoms with E-state index in [9.17, 15) is 9.59 Å². The number of ether oxygens (including phenoxy) is 1. The second-order valence-electron chi connectivity index (χ2n) is 5.98. The Labute approximate surface area is 156 Å². The number of aryl methyl sites for hydroxylation is 2. The highest BCUT2D eigenvalue weighted by molar-refractivity contribution is 6.26. The van der Waals surface area contributed by atoms with Gasteiger partial charge in [-0.2, -0.15) is 0 Å². The number of aliphatic imine (C=N–C) groups is 1.